The van der Waals surface area contributed by atoms with Crippen LogP contribution in [-0.4, -0.2) is 47.7 Å². The van der Waals surface area contributed by atoms with Crippen molar-refractivity contribution in [3.8, 4) is 0 Å². The Morgan fingerprint density at radius 3 is 2.60 bits per heavy atom. The van der Waals surface area contributed by atoms with Gasteiger partial charge in [-0.25, -0.2) is 0 Å². The number of aliphatic carboxylic acids is 1. The highest BCUT2D eigenvalue weighted by atomic mass is 16.4. The third-order valence-corrected chi connectivity index (χ3v) is 3.29. The normalized spacial score (nSPS) is 24.3. The zero-order valence-electron chi connectivity index (χ0n) is 9.11. The Labute approximate surface area is 90.6 Å². The maximum atomic E-state index is 11.1. The highest BCUT2D eigenvalue weighted by Crippen LogP contribution is 2.19. The summed E-state index contributed by atoms with van der Waals surface area (Å²) in [5.41, 5.74) is 0. The molecule has 15 heavy (non-hydrogen) atoms. The first kappa shape index (κ1) is 10.9. The molecule has 0 bridgehead atoms. The summed E-state index contributed by atoms with van der Waals surface area (Å²) in [6.07, 6.45) is 5.58. The van der Waals surface area contributed by atoms with Crippen LogP contribution in [0.25, 0.3) is 0 Å². The van der Waals surface area contributed by atoms with Gasteiger partial charge < -0.3 is 10.4 Å². The van der Waals surface area contributed by atoms with Gasteiger partial charge in [0.05, 0.1) is 0 Å². The van der Waals surface area contributed by atoms with Gasteiger partial charge in [0.2, 0.25) is 0 Å². The first-order valence-corrected chi connectivity index (χ1v) is 5.97. The standard InChI is InChI=1S/C11H20N2O2/c14-11(15)10(13-7-1-2-8-13)5-6-12-9-3-4-9/h9-10,12H,1-8H2,(H,14,15). The van der Waals surface area contributed by atoms with Crippen molar-refractivity contribution in [3.63, 3.8) is 0 Å². The fraction of sp³-hybridized carbons (Fsp3) is 0.909. The first-order valence-electron chi connectivity index (χ1n) is 5.97. The molecular formula is C11H20N2O2. The third-order valence-electron chi connectivity index (χ3n) is 3.29. The monoisotopic (exact) mass is 212 g/mol. The molecule has 2 fully saturated rings. The van der Waals surface area contributed by atoms with E-state index in [0.717, 1.165) is 38.9 Å². The summed E-state index contributed by atoms with van der Waals surface area (Å²) in [5.74, 6) is -0.658. The number of hydrogen-bond acceptors (Lipinski definition) is 3. The molecule has 1 unspecified atom stereocenters. The van der Waals surface area contributed by atoms with Crippen LogP contribution in [0, 0.1) is 0 Å². The molecule has 0 spiro atoms. The van der Waals surface area contributed by atoms with E-state index in [0.29, 0.717) is 6.04 Å². The zero-order chi connectivity index (χ0) is 10.7. The lowest BCUT2D eigenvalue weighted by atomic mass is 10.2. The molecule has 1 aliphatic carbocycles. The summed E-state index contributed by atoms with van der Waals surface area (Å²) in [5, 5.41) is 12.5. The summed E-state index contributed by atoms with van der Waals surface area (Å²) in [7, 11) is 0. The molecule has 0 amide bonds. The van der Waals surface area contributed by atoms with Gasteiger partial charge in [0, 0.05) is 6.04 Å². The summed E-state index contributed by atoms with van der Waals surface area (Å²) in [6, 6.07) is 0.414. The average Bonchev–Trinajstić information content (AvgIpc) is 2.86. The molecule has 0 aromatic heterocycles. The molecule has 4 heteroatoms. The number of rotatable bonds is 6. The first-order chi connectivity index (χ1) is 7.27. The molecule has 0 aromatic carbocycles. The minimum absolute atomic E-state index is 0.265. The Bertz CT molecular complexity index is 223. The molecule has 0 aromatic rings. The molecule has 4 nitrogen and oxygen atoms in total. The third kappa shape index (κ3) is 3.18. The van der Waals surface area contributed by atoms with Gasteiger partial charge in [0.25, 0.3) is 0 Å². The summed E-state index contributed by atoms with van der Waals surface area (Å²) >= 11 is 0. The number of hydrogen-bond donors (Lipinski definition) is 2. The van der Waals surface area contributed by atoms with Crippen LogP contribution in [-0.2, 0) is 4.79 Å². The predicted octanol–water partition coefficient (Wildman–Crippen LogP) is 0.677. The van der Waals surface area contributed by atoms with Crippen LogP contribution in [0.2, 0.25) is 0 Å². The Balaban J connectivity index is 1.73. The molecule has 1 aliphatic heterocycles. The number of carboxylic acids is 1. The molecule has 2 aliphatic rings. The van der Waals surface area contributed by atoms with Crippen molar-refractivity contribution in [2.75, 3.05) is 19.6 Å². The van der Waals surface area contributed by atoms with Gasteiger partial charge >= 0.3 is 5.97 Å². The maximum Gasteiger partial charge on any atom is 0.320 e. The van der Waals surface area contributed by atoms with Crippen molar-refractivity contribution in [2.45, 2.75) is 44.2 Å². The minimum Gasteiger partial charge on any atom is -0.480 e. The molecule has 2 rings (SSSR count). The number of nitrogens with zero attached hydrogens (tertiary/aromatic N) is 1. The number of carbonyl (C=O) groups is 1. The molecule has 1 atom stereocenters. The largest absolute Gasteiger partial charge is 0.480 e. The summed E-state index contributed by atoms with van der Waals surface area (Å²) < 4.78 is 0. The maximum absolute atomic E-state index is 11.1. The number of likely N-dealkylation sites (tertiary alicyclic amines) is 1. The van der Waals surface area contributed by atoms with E-state index >= 15 is 0 Å². The van der Waals surface area contributed by atoms with E-state index < -0.39 is 5.97 Å². The molecule has 0 radical (unpaired) electrons. The topological polar surface area (TPSA) is 52.6 Å². The van der Waals surface area contributed by atoms with E-state index in [-0.39, 0.29) is 6.04 Å². The number of nitrogens with one attached hydrogen (secondary N) is 1. The van der Waals surface area contributed by atoms with Crippen LogP contribution in [0.5, 0.6) is 0 Å². The van der Waals surface area contributed by atoms with Crippen LogP contribution in [0.3, 0.4) is 0 Å². The summed E-state index contributed by atoms with van der Waals surface area (Å²) in [6.45, 7) is 2.76. The highest BCUT2D eigenvalue weighted by molar-refractivity contribution is 5.73. The van der Waals surface area contributed by atoms with Gasteiger partial charge in [0.15, 0.2) is 0 Å². The van der Waals surface area contributed by atoms with E-state index in [9.17, 15) is 4.79 Å². The van der Waals surface area contributed by atoms with E-state index in [1.54, 1.807) is 0 Å². The zero-order valence-corrected chi connectivity index (χ0v) is 9.11. The van der Waals surface area contributed by atoms with Gasteiger partial charge in [-0.3, -0.25) is 9.69 Å². The van der Waals surface area contributed by atoms with Crippen molar-refractivity contribution in [1.82, 2.24) is 10.2 Å². The molecule has 2 N–H and O–H groups in total. The molecule has 1 saturated carbocycles. The fourth-order valence-electron chi connectivity index (χ4n) is 2.23. The number of carboxylic acid groups (broad SMARTS) is 1. The van der Waals surface area contributed by atoms with Crippen LogP contribution < -0.4 is 5.32 Å². The van der Waals surface area contributed by atoms with Gasteiger partial charge in [0.1, 0.15) is 6.04 Å². The Morgan fingerprint density at radius 2 is 2.07 bits per heavy atom. The van der Waals surface area contributed by atoms with Gasteiger partial charge in [-0.1, -0.05) is 0 Å². The van der Waals surface area contributed by atoms with Crippen molar-refractivity contribution in [2.24, 2.45) is 0 Å². The second-order valence-electron chi connectivity index (χ2n) is 4.61. The van der Waals surface area contributed by atoms with Crippen molar-refractivity contribution in [1.29, 1.82) is 0 Å². The Morgan fingerprint density at radius 1 is 1.40 bits per heavy atom. The lowest BCUT2D eigenvalue weighted by Crippen LogP contribution is -2.41. The van der Waals surface area contributed by atoms with Crippen molar-refractivity contribution < 1.29 is 9.90 Å². The van der Waals surface area contributed by atoms with E-state index in [4.69, 9.17) is 5.11 Å². The minimum atomic E-state index is -0.658. The van der Waals surface area contributed by atoms with Crippen LogP contribution >= 0.6 is 0 Å². The Hall–Kier alpha value is -0.610. The summed E-state index contributed by atoms with van der Waals surface area (Å²) in [4.78, 5) is 13.2. The van der Waals surface area contributed by atoms with Crippen molar-refractivity contribution >= 4 is 5.97 Å². The van der Waals surface area contributed by atoms with Gasteiger partial charge in [-0.05, 0) is 51.7 Å². The van der Waals surface area contributed by atoms with Crippen LogP contribution in [0.1, 0.15) is 32.1 Å². The second kappa shape index (κ2) is 4.94. The lowest BCUT2D eigenvalue weighted by molar-refractivity contribution is -0.143. The molecular weight excluding hydrogens is 192 g/mol. The van der Waals surface area contributed by atoms with Gasteiger partial charge in [-0.15, -0.1) is 0 Å². The second-order valence-corrected chi connectivity index (χ2v) is 4.61. The lowest BCUT2D eigenvalue weighted by Gasteiger charge is -2.23. The van der Waals surface area contributed by atoms with Gasteiger partial charge in [-0.2, -0.15) is 0 Å². The average molecular weight is 212 g/mol. The fourth-order valence-corrected chi connectivity index (χ4v) is 2.23. The molecule has 1 saturated heterocycles. The predicted molar refractivity (Wildman–Crippen MR) is 57.9 cm³/mol. The Kier molecular flexibility index (Phi) is 3.59. The molecule has 86 valence electrons. The van der Waals surface area contributed by atoms with Crippen LogP contribution in [0.15, 0.2) is 0 Å². The molecule has 1 heterocycles. The SMILES string of the molecule is O=C(O)C(CCNC1CC1)N1CCCC1. The van der Waals surface area contributed by atoms with E-state index in [1.165, 1.54) is 12.8 Å². The quantitative estimate of drug-likeness (QED) is 0.680. The van der Waals surface area contributed by atoms with Crippen molar-refractivity contribution in [3.05, 3.63) is 0 Å². The van der Waals surface area contributed by atoms with E-state index in [2.05, 4.69) is 10.2 Å². The highest BCUT2D eigenvalue weighted by Gasteiger charge is 2.28. The van der Waals surface area contributed by atoms with E-state index in [1.807, 2.05) is 0 Å². The van der Waals surface area contributed by atoms with Crippen LogP contribution in [0.4, 0.5) is 0 Å². The smallest absolute Gasteiger partial charge is 0.320 e.